The topological polar surface area (TPSA) is 34.9 Å². The first-order chi connectivity index (χ1) is 6.11. The lowest BCUT2D eigenvalue weighted by molar-refractivity contribution is 0.752. The highest BCUT2D eigenvalue weighted by atomic mass is 16.1. The molecule has 0 bridgehead atoms. The molecule has 0 fully saturated rings. The van der Waals surface area contributed by atoms with Gasteiger partial charge in [-0.15, -0.1) is 0 Å². The Morgan fingerprint density at radius 2 is 1.92 bits per heavy atom. The smallest absolute Gasteiger partial charge is 0.268 e. The Labute approximate surface area is 79.4 Å². The second-order valence-corrected chi connectivity index (χ2v) is 2.92. The van der Waals surface area contributed by atoms with Crippen LogP contribution in [0.3, 0.4) is 0 Å². The fourth-order valence-corrected chi connectivity index (χ4v) is 0.814. The maximum absolute atomic E-state index is 10.9. The third kappa shape index (κ3) is 3.40. The largest absolute Gasteiger partial charge is 0.315 e. The molecule has 1 rings (SSSR count). The van der Waals surface area contributed by atoms with Crippen molar-refractivity contribution in [1.82, 2.24) is 9.55 Å². The first-order valence-corrected chi connectivity index (χ1v) is 4.64. The molecule has 1 heterocycles. The van der Waals surface area contributed by atoms with Crippen molar-refractivity contribution < 1.29 is 0 Å². The molecule has 0 spiro atoms. The van der Waals surface area contributed by atoms with Crippen LogP contribution in [0, 0.1) is 0 Å². The van der Waals surface area contributed by atoms with Crippen molar-refractivity contribution >= 4 is 0 Å². The van der Waals surface area contributed by atoms with E-state index >= 15 is 0 Å². The number of aromatic nitrogens is 2. The highest BCUT2D eigenvalue weighted by Gasteiger charge is 2.00. The van der Waals surface area contributed by atoms with Gasteiger partial charge in [0.2, 0.25) is 0 Å². The van der Waals surface area contributed by atoms with Crippen molar-refractivity contribution in [2.45, 2.75) is 33.6 Å². The van der Waals surface area contributed by atoms with Crippen LogP contribution in [-0.4, -0.2) is 9.55 Å². The van der Waals surface area contributed by atoms with Gasteiger partial charge in [-0.3, -0.25) is 9.78 Å². The second kappa shape index (κ2) is 5.51. The van der Waals surface area contributed by atoms with Crippen molar-refractivity contribution in [3.8, 4) is 0 Å². The monoisotopic (exact) mass is 182 g/mol. The predicted molar refractivity (Wildman–Crippen MR) is 54.9 cm³/mol. The maximum atomic E-state index is 10.9. The van der Waals surface area contributed by atoms with E-state index in [0.717, 1.165) is 5.69 Å². The molecule has 0 radical (unpaired) electrons. The van der Waals surface area contributed by atoms with Gasteiger partial charge in [0, 0.05) is 13.2 Å². The summed E-state index contributed by atoms with van der Waals surface area (Å²) in [5.74, 6) is 0.377. The summed E-state index contributed by atoms with van der Waals surface area (Å²) in [4.78, 5) is 14.9. The molecule has 1 aromatic rings. The van der Waals surface area contributed by atoms with Crippen LogP contribution in [0.5, 0.6) is 0 Å². The van der Waals surface area contributed by atoms with Crippen LogP contribution in [0.4, 0.5) is 0 Å². The summed E-state index contributed by atoms with van der Waals surface area (Å²) in [5, 5.41) is 0. The summed E-state index contributed by atoms with van der Waals surface area (Å²) in [6.07, 6.45) is 3.13. The summed E-state index contributed by atoms with van der Waals surface area (Å²) in [6, 6.07) is 0. The first-order valence-electron chi connectivity index (χ1n) is 4.64. The predicted octanol–water partition coefficient (Wildman–Crippen LogP) is 1.93. The fourth-order valence-electron chi connectivity index (χ4n) is 0.814. The van der Waals surface area contributed by atoms with Gasteiger partial charge in [-0.2, -0.15) is 0 Å². The van der Waals surface area contributed by atoms with Gasteiger partial charge < -0.3 is 4.57 Å². The Morgan fingerprint density at radius 1 is 1.38 bits per heavy atom. The SMILES string of the molecule is CC.CC(C)c1cn(C)c(=O)cn1. The zero-order valence-electron chi connectivity index (χ0n) is 9.03. The van der Waals surface area contributed by atoms with Crippen molar-refractivity contribution in [2.24, 2.45) is 7.05 Å². The van der Waals surface area contributed by atoms with Gasteiger partial charge in [-0.05, 0) is 5.92 Å². The van der Waals surface area contributed by atoms with Crippen LogP contribution >= 0.6 is 0 Å². The highest BCUT2D eigenvalue weighted by Crippen LogP contribution is 2.07. The third-order valence-electron chi connectivity index (χ3n) is 1.59. The molecule has 0 N–H and O–H groups in total. The van der Waals surface area contributed by atoms with Gasteiger partial charge >= 0.3 is 0 Å². The van der Waals surface area contributed by atoms with Gasteiger partial charge in [0.1, 0.15) is 0 Å². The van der Waals surface area contributed by atoms with E-state index in [-0.39, 0.29) is 5.56 Å². The van der Waals surface area contributed by atoms with Gasteiger partial charge in [-0.25, -0.2) is 0 Å². The molecule has 3 nitrogen and oxygen atoms in total. The van der Waals surface area contributed by atoms with Crippen LogP contribution in [0.15, 0.2) is 17.2 Å². The minimum atomic E-state index is -0.0607. The Kier molecular flexibility index (Phi) is 5.04. The summed E-state index contributed by atoms with van der Waals surface area (Å²) in [5.41, 5.74) is 0.890. The molecule has 0 amide bonds. The van der Waals surface area contributed by atoms with Crippen molar-refractivity contribution in [3.05, 3.63) is 28.4 Å². The van der Waals surface area contributed by atoms with E-state index in [1.54, 1.807) is 17.8 Å². The van der Waals surface area contributed by atoms with Gasteiger partial charge in [-0.1, -0.05) is 27.7 Å². The molecule has 0 atom stereocenters. The van der Waals surface area contributed by atoms with Crippen molar-refractivity contribution in [3.63, 3.8) is 0 Å². The molecule has 0 aromatic carbocycles. The molecule has 0 aliphatic heterocycles. The summed E-state index contributed by atoms with van der Waals surface area (Å²) in [7, 11) is 1.73. The molecule has 74 valence electrons. The van der Waals surface area contributed by atoms with Gasteiger partial charge in [0.25, 0.3) is 5.56 Å². The van der Waals surface area contributed by atoms with Crippen LogP contribution in [0.2, 0.25) is 0 Å². The Bertz CT molecular complexity index is 302. The molecular formula is C10H18N2O. The van der Waals surface area contributed by atoms with E-state index < -0.39 is 0 Å². The molecule has 0 unspecified atom stereocenters. The lowest BCUT2D eigenvalue weighted by Crippen LogP contribution is -2.17. The van der Waals surface area contributed by atoms with E-state index in [2.05, 4.69) is 4.98 Å². The molecule has 1 aromatic heterocycles. The lowest BCUT2D eigenvalue weighted by atomic mass is 10.1. The van der Waals surface area contributed by atoms with Crippen LogP contribution in [-0.2, 0) is 7.05 Å². The molecule has 0 saturated carbocycles. The summed E-state index contributed by atoms with van der Waals surface area (Å²) < 4.78 is 1.54. The number of aryl methyl sites for hydroxylation is 1. The lowest BCUT2D eigenvalue weighted by Gasteiger charge is -2.04. The van der Waals surface area contributed by atoms with E-state index in [1.165, 1.54) is 6.20 Å². The third-order valence-corrected chi connectivity index (χ3v) is 1.59. The van der Waals surface area contributed by atoms with Crippen LogP contribution < -0.4 is 5.56 Å². The van der Waals surface area contributed by atoms with E-state index in [1.807, 2.05) is 27.7 Å². The van der Waals surface area contributed by atoms with E-state index in [0.29, 0.717) is 5.92 Å². The first kappa shape index (κ1) is 11.9. The molecule has 0 saturated heterocycles. The number of hydrogen-bond acceptors (Lipinski definition) is 2. The Balaban J connectivity index is 0.000000671. The summed E-state index contributed by atoms with van der Waals surface area (Å²) in [6.45, 7) is 8.10. The number of rotatable bonds is 1. The average molecular weight is 182 g/mol. The summed E-state index contributed by atoms with van der Waals surface area (Å²) >= 11 is 0. The zero-order chi connectivity index (χ0) is 10.4. The quantitative estimate of drug-likeness (QED) is 0.665. The highest BCUT2D eigenvalue weighted by molar-refractivity contribution is 5.01. The zero-order valence-corrected chi connectivity index (χ0v) is 9.03. The minimum absolute atomic E-state index is 0.0607. The van der Waals surface area contributed by atoms with Crippen LogP contribution in [0.1, 0.15) is 39.3 Å². The maximum Gasteiger partial charge on any atom is 0.268 e. The standard InChI is InChI=1S/C8H12N2O.C2H6/c1-6(2)7-5-10(3)8(11)4-9-7;1-2/h4-6H,1-3H3;1-2H3. The average Bonchev–Trinajstić information content (AvgIpc) is 2.13. The van der Waals surface area contributed by atoms with E-state index in [4.69, 9.17) is 0 Å². The fraction of sp³-hybridized carbons (Fsp3) is 0.600. The van der Waals surface area contributed by atoms with Crippen molar-refractivity contribution in [2.75, 3.05) is 0 Å². The van der Waals surface area contributed by atoms with Crippen LogP contribution in [0.25, 0.3) is 0 Å². The van der Waals surface area contributed by atoms with E-state index in [9.17, 15) is 4.79 Å². The number of hydrogen-bond donors (Lipinski definition) is 0. The van der Waals surface area contributed by atoms with Crippen molar-refractivity contribution in [1.29, 1.82) is 0 Å². The molecule has 0 aliphatic carbocycles. The Morgan fingerprint density at radius 3 is 2.31 bits per heavy atom. The number of nitrogens with zero attached hydrogens (tertiary/aromatic N) is 2. The minimum Gasteiger partial charge on any atom is -0.315 e. The van der Waals surface area contributed by atoms with Gasteiger partial charge in [0.05, 0.1) is 11.9 Å². The van der Waals surface area contributed by atoms with Gasteiger partial charge in [0.15, 0.2) is 0 Å². The second-order valence-electron chi connectivity index (χ2n) is 2.92. The molecule has 3 heteroatoms. The Hall–Kier alpha value is -1.12. The molecular weight excluding hydrogens is 164 g/mol. The molecule has 0 aliphatic rings. The normalized spacial score (nSPS) is 9.38. The molecule has 13 heavy (non-hydrogen) atoms.